The molecule has 4 heteroatoms. The Morgan fingerprint density at radius 1 is 1.26 bits per heavy atom. The van der Waals surface area contributed by atoms with E-state index in [0.29, 0.717) is 12.6 Å². The Hall–Kier alpha value is -0.800. The number of ether oxygens (including phenoxy) is 1. The Morgan fingerprint density at radius 2 is 2.05 bits per heavy atom. The van der Waals surface area contributed by atoms with Crippen LogP contribution >= 0.6 is 11.6 Å². The average molecular weight is 286 g/mol. The first-order valence-corrected chi connectivity index (χ1v) is 7.45. The number of hydrogen-bond acceptors (Lipinski definition) is 2. The average Bonchev–Trinajstić information content (AvgIpc) is 2.44. The number of rotatable bonds is 6. The fraction of sp³-hybridized carbons (Fsp3) is 0.600. The van der Waals surface area contributed by atoms with E-state index in [4.69, 9.17) is 16.3 Å². The smallest absolute Gasteiger partial charge is 0.183 e. The highest BCUT2D eigenvalue weighted by Gasteiger charge is 2.12. The van der Waals surface area contributed by atoms with E-state index in [-0.39, 0.29) is 10.8 Å². The molecule has 2 rings (SSSR count). The molecule has 0 spiro atoms. The van der Waals surface area contributed by atoms with Gasteiger partial charge in [-0.15, -0.1) is 0 Å². The Kier molecular flexibility index (Phi) is 5.93. The van der Waals surface area contributed by atoms with Crippen LogP contribution in [0.1, 0.15) is 38.5 Å². The van der Waals surface area contributed by atoms with Crippen LogP contribution < -0.4 is 10.1 Å². The van der Waals surface area contributed by atoms with E-state index < -0.39 is 5.82 Å². The molecule has 1 aliphatic rings. The number of benzene rings is 1. The van der Waals surface area contributed by atoms with Gasteiger partial charge in [0.25, 0.3) is 0 Å². The van der Waals surface area contributed by atoms with Crippen LogP contribution in [0.4, 0.5) is 4.39 Å². The summed E-state index contributed by atoms with van der Waals surface area (Å²) in [7, 11) is 0. The van der Waals surface area contributed by atoms with Crippen molar-refractivity contribution in [2.45, 2.75) is 44.6 Å². The lowest BCUT2D eigenvalue weighted by molar-refractivity contribution is 0.285. The Morgan fingerprint density at radius 3 is 2.84 bits per heavy atom. The highest BCUT2D eigenvalue weighted by atomic mass is 35.5. The van der Waals surface area contributed by atoms with Crippen LogP contribution in [0.5, 0.6) is 5.75 Å². The maximum Gasteiger partial charge on any atom is 0.183 e. The lowest BCUT2D eigenvalue weighted by Gasteiger charge is -2.22. The summed E-state index contributed by atoms with van der Waals surface area (Å²) in [6, 6.07) is 5.49. The van der Waals surface area contributed by atoms with Gasteiger partial charge in [-0.3, -0.25) is 0 Å². The summed E-state index contributed by atoms with van der Waals surface area (Å²) in [5, 5.41) is 3.64. The van der Waals surface area contributed by atoms with E-state index in [2.05, 4.69) is 5.32 Å². The van der Waals surface area contributed by atoms with Crippen LogP contribution in [-0.2, 0) is 0 Å². The second-order valence-electron chi connectivity index (χ2n) is 5.04. The predicted molar refractivity (Wildman–Crippen MR) is 76.4 cm³/mol. The van der Waals surface area contributed by atoms with Crippen LogP contribution in [-0.4, -0.2) is 19.2 Å². The first-order chi connectivity index (χ1) is 9.27. The fourth-order valence-electron chi connectivity index (χ4n) is 2.46. The van der Waals surface area contributed by atoms with Crippen molar-refractivity contribution in [2.75, 3.05) is 13.2 Å². The van der Waals surface area contributed by atoms with Gasteiger partial charge in [0.2, 0.25) is 0 Å². The number of nitrogens with one attached hydrogen (secondary N) is 1. The molecule has 2 nitrogen and oxygen atoms in total. The number of hydrogen-bond donors (Lipinski definition) is 1. The normalized spacial score (nSPS) is 16.5. The molecule has 1 fully saturated rings. The first-order valence-electron chi connectivity index (χ1n) is 7.07. The summed E-state index contributed by atoms with van der Waals surface area (Å²) in [6.07, 6.45) is 7.48. The molecule has 0 aromatic heterocycles. The summed E-state index contributed by atoms with van der Waals surface area (Å²) in [4.78, 5) is 0. The Labute approximate surface area is 119 Å². The molecule has 1 saturated carbocycles. The maximum absolute atomic E-state index is 13.5. The third-order valence-electron chi connectivity index (χ3n) is 3.53. The molecule has 19 heavy (non-hydrogen) atoms. The van der Waals surface area contributed by atoms with Gasteiger partial charge in [-0.25, -0.2) is 4.39 Å². The molecule has 1 aliphatic carbocycles. The first kappa shape index (κ1) is 14.6. The third kappa shape index (κ3) is 4.66. The number of halogens is 2. The molecule has 0 radical (unpaired) electrons. The van der Waals surface area contributed by atoms with Crippen molar-refractivity contribution in [1.82, 2.24) is 5.32 Å². The van der Waals surface area contributed by atoms with Crippen molar-refractivity contribution in [3.63, 3.8) is 0 Å². The molecule has 106 valence electrons. The molecule has 0 aliphatic heterocycles. The Balaban J connectivity index is 1.62. The van der Waals surface area contributed by atoms with Crippen molar-refractivity contribution < 1.29 is 9.13 Å². The molecule has 0 bridgehead atoms. The minimum absolute atomic E-state index is 0.109. The van der Waals surface area contributed by atoms with Crippen molar-refractivity contribution in [3.05, 3.63) is 29.0 Å². The fourth-order valence-corrected chi connectivity index (χ4v) is 2.63. The van der Waals surface area contributed by atoms with Crippen LogP contribution in [0.3, 0.4) is 0 Å². The van der Waals surface area contributed by atoms with Crippen molar-refractivity contribution in [2.24, 2.45) is 0 Å². The third-order valence-corrected chi connectivity index (χ3v) is 3.82. The van der Waals surface area contributed by atoms with E-state index in [1.54, 1.807) is 12.1 Å². The monoisotopic (exact) mass is 285 g/mol. The van der Waals surface area contributed by atoms with E-state index >= 15 is 0 Å². The summed E-state index contributed by atoms with van der Waals surface area (Å²) in [6.45, 7) is 1.43. The molecule has 1 aromatic rings. The van der Waals surface area contributed by atoms with E-state index in [1.165, 1.54) is 38.2 Å². The lowest BCUT2D eigenvalue weighted by atomic mass is 9.95. The second-order valence-corrected chi connectivity index (χ2v) is 5.45. The van der Waals surface area contributed by atoms with Gasteiger partial charge in [-0.1, -0.05) is 36.9 Å². The van der Waals surface area contributed by atoms with Crippen LogP contribution in [0.2, 0.25) is 5.02 Å². The van der Waals surface area contributed by atoms with Gasteiger partial charge >= 0.3 is 0 Å². The predicted octanol–water partition coefficient (Wildman–Crippen LogP) is 4.17. The summed E-state index contributed by atoms with van der Waals surface area (Å²) in [5.41, 5.74) is 0. The minimum atomic E-state index is -0.468. The molecule has 0 atom stereocenters. The molecule has 0 unspecified atom stereocenters. The Bertz CT molecular complexity index is 394. The van der Waals surface area contributed by atoms with E-state index in [1.807, 2.05) is 0 Å². The summed E-state index contributed by atoms with van der Waals surface area (Å²) >= 11 is 5.69. The second kappa shape index (κ2) is 7.71. The van der Waals surface area contributed by atoms with Gasteiger partial charge in [-0.05, 0) is 37.9 Å². The van der Waals surface area contributed by atoms with Crippen molar-refractivity contribution in [3.8, 4) is 5.75 Å². The van der Waals surface area contributed by atoms with Gasteiger partial charge in [0.05, 0.1) is 11.6 Å². The zero-order valence-corrected chi connectivity index (χ0v) is 11.9. The van der Waals surface area contributed by atoms with E-state index in [9.17, 15) is 4.39 Å². The van der Waals surface area contributed by atoms with Crippen LogP contribution in [0, 0.1) is 5.82 Å². The molecule has 1 N–H and O–H groups in total. The molecule has 1 aromatic carbocycles. The van der Waals surface area contributed by atoms with Gasteiger partial charge in [0, 0.05) is 6.04 Å². The molecule has 0 amide bonds. The largest absolute Gasteiger partial charge is 0.490 e. The van der Waals surface area contributed by atoms with Gasteiger partial charge < -0.3 is 10.1 Å². The zero-order chi connectivity index (χ0) is 13.5. The SMILES string of the molecule is Fc1c(Cl)cccc1OCCCNC1CCCCC1. The maximum atomic E-state index is 13.5. The zero-order valence-electron chi connectivity index (χ0n) is 11.1. The van der Waals surface area contributed by atoms with E-state index in [0.717, 1.165) is 13.0 Å². The summed E-state index contributed by atoms with van der Waals surface area (Å²) < 4.78 is 18.9. The standard InChI is InChI=1S/C15H21ClFNO/c16-13-8-4-9-14(15(13)17)19-11-5-10-18-12-6-2-1-3-7-12/h4,8-9,12,18H,1-3,5-7,10-11H2. The lowest BCUT2D eigenvalue weighted by Crippen LogP contribution is -2.32. The van der Waals surface area contributed by atoms with Gasteiger partial charge in [-0.2, -0.15) is 0 Å². The summed E-state index contributed by atoms with van der Waals surface area (Å²) in [5.74, 6) is -0.227. The highest BCUT2D eigenvalue weighted by molar-refractivity contribution is 6.30. The van der Waals surface area contributed by atoms with Crippen LogP contribution in [0.15, 0.2) is 18.2 Å². The quantitative estimate of drug-likeness (QED) is 0.792. The van der Waals surface area contributed by atoms with Crippen molar-refractivity contribution >= 4 is 11.6 Å². The highest BCUT2D eigenvalue weighted by Crippen LogP contribution is 2.24. The minimum Gasteiger partial charge on any atom is -0.490 e. The molecule has 0 saturated heterocycles. The van der Waals surface area contributed by atoms with Crippen LogP contribution in [0.25, 0.3) is 0 Å². The molecular formula is C15H21ClFNO. The molecular weight excluding hydrogens is 265 g/mol. The van der Waals surface area contributed by atoms with Gasteiger partial charge in [0.1, 0.15) is 0 Å². The molecule has 0 heterocycles. The van der Waals surface area contributed by atoms with Crippen molar-refractivity contribution in [1.29, 1.82) is 0 Å². The topological polar surface area (TPSA) is 21.3 Å². The van der Waals surface area contributed by atoms with Gasteiger partial charge in [0.15, 0.2) is 11.6 Å².